The van der Waals surface area contributed by atoms with Gasteiger partial charge < -0.3 is 10.6 Å². The summed E-state index contributed by atoms with van der Waals surface area (Å²) in [7, 11) is -1.48. The Bertz CT molecular complexity index is 769. The minimum Gasteiger partial charge on any atom is -0.356 e. The molecule has 3 N–H and O–H groups in total. The second-order valence-corrected chi connectivity index (χ2v) is 7.29. The van der Waals surface area contributed by atoms with E-state index in [-0.39, 0.29) is 0 Å². The van der Waals surface area contributed by atoms with E-state index in [1.165, 1.54) is 5.56 Å². The molecule has 0 bridgehead atoms. The summed E-state index contributed by atoms with van der Waals surface area (Å²) in [6.07, 6.45) is 5.64. The lowest BCUT2D eigenvalue weighted by Gasteiger charge is -2.12. The average molecular weight is 364 g/mol. The number of aromatic nitrogens is 2. The van der Waals surface area contributed by atoms with E-state index in [0.29, 0.717) is 19.0 Å². The number of aliphatic imine (C=N–C) groups is 1. The minimum atomic E-state index is -3.16. The molecule has 0 unspecified atom stereocenters. The van der Waals surface area contributed by atoms with Gasteiger partial charge in [-0.2, -0.15) is 5.10 Å². The van der Waals surface area contributed by atoms with Crippen molar-refractivity contribution in [2.24, 2.45) is 4.99 Å². The number of rotatable bonds is 8. The number of hydrogen-bond donors (Lipinski definition) is 3. The molecule has 2 aromatic rings. The van der Waals surface area contributed by atoms with Crippen LogP contribution in [0.25, 0.3) is 5.69 Å². The van der Waals surface area contributed by atoms with Crippen LogP contribution in [0.3, 0.4) is 0 Å². The smallest absolute Gasteiger partial charge is 0.208 e. The van der Waals surface area contributed by atoms with E-state index in [2.05, 4.69) is 37.6 Å². The molecule has 0 aliphatic rings. The van der Waals surface area contributed by atoms with Crippen LogP contribution < -0.4 is 15.4 Å². The van der Waals surface area contributed by atoms with Crippen LogP contribution in [-0.4, -0.2) is 57.1 Å². The van der Waals surface area contributed by atoms with Gasteiger partial charge in [-0.25, -0.2) is 17.8 Å². The fourth-order valence-electron chi connectivity index (χ4n) is 2.20. The Labute approximate surface area is 148 Å². The molecule has 2 rings (SSSR count). The monoisotopic (exact) mass is 364 g/mol. The molecule has 0 saturated heterocycles. The van der Waals surface area contributed by atoms with Crippen molar-refractivity contribution in [3.05, 3.63) is 48.3 Å². The topological polar surface area (TPSA) is 100 Å². The summed E-state index contributed by atoms with van der Waals surface area (Å²) in [6.45, 7) is 1.50. The molecular weight excluding hydrogens is 340 g/mol. The Morgan fingerprint density at radius 1 is 1.16 bits per heavy atom. The van der Waals surface area contributed by atoms with Crippen molar-refractivity contribution in [2.75, 3.05) is 32.9 Å². The van der Waals surface area contributed by atoms with Crippen LogP contribution in [0.15, 0.2) is 47.7 Å². The predicted octanol–water partition coefficient (Wildman–Crippen LogP) is 0.129. The third-order valence-corrected chi connectivity index (χ3v) is 4.15. The highest BCUT2D eigenvalue weighted by molar-refractivity contribution is 7.88. The standard InChI is InChI=1S/C16H24N6O2S/c1-17-16(19-11-12-21-25(2,23)24)18-10-8-14-4-6-15(7-5-14)22-13-3-9-20-22/h3-7,9,13,21H,8,10-12H2,1-2H3,(H2,17,18,19). The molecule has 136 valence electrons. The Balaban J connectivity index is 1.71. The SMILES string of the molecule is CN=C(NCCNS(C)(=O)=O)NCCc1ccc(-n2cccn2)cc1. The van der Waals surface area contributed by atoms with Crippen LogP contribution in [0, 0.1) is 0 Å². The summed E-state index contributed by atoms with van der Waals surface area (Å²) in [4.78, 5) is 4.11. The zero-order valence-corrected chi connectivity index (χ0v) is 15.3. The summed E-state index contributed by atoms with van der Waals surface area (Å²) >= 11 is 0. The summed E-state index contributed by atoms with van der Waals surface area (Å²) < 4.78 is 26.2. The van der Waals surface area contributed by atoms with Gasteiger partial charge in [0.15, 0.2) is 5.96 Å². The van der Waals surface area contributed by atoms with Gasteiger partial charge in [-0.1, -0.05) is 12.1 Å². The molecule has 0 aliphatic heterocycles. The predicted molar refractivity (Wildman–Crippen MR) is 99.5 cm³/mol. The Morgan fingerprint density at radius 2 is 1.88 bits per heavy atom. The molecule has 9 heteroatoms. The first-order valence-electron chi connectivity index (χ1n) is 7.96. The molecule has 0 fully saturated rings. The van der Waals surface area contributed by atoms with Crippen LogP contribution in [-0.2, 0) is 16.4 Å². The van der Waals surface area contributed by atoms with Crippen molar-refractivity contribution in [1.82, 2.24) is 25.1 Å². The van der Waals surface area contributed by atoms with E-state index >= 15 is 0 Å². The van der Waals surface area contributed by atoms with Crippen LogP contribution >= 0.6 is 0 Å². The van der Waals surface area contributed by atoms with E-state index in [1.54, 1.807) is 13.2 Å². The molecule has 1 aromatic heterocycles. The summed E-state index contributed by atoms with van der Waals surface area (Å²) in [5.41, 5.74) is 2.23. The molecule has 0 radical (unpaired) electrons. The second kappa shape index (κ2) is 9.19. The van der Waals surface area contributed by atoms with E-state index in [4.69, 9.17) is 0 Å². The largest absolute Gasteiger partial charge is 0.356 e. The van der Waals surface area contributed by atoms with E-state index < -0.39 is 10.0 Å². The van der Waals surface area contributed by atoms with E-state index in [0.717, 1.165) is 24.9 Å². The first kappa shape index (κ1) is 18.9. The summed E-state index contributed by atoms with van der Waals surface area (Å²) in [5.74, 6) is 0.642. The highest BCUT2D eigenvalue weighted by Gasteiger charge is 2.01. The van der Waals surface area contributed by atoms with Gasteiger partial charge in [0.25, 0.3) is 0 Å². The van der Waals surface area contributed by atoms with Crippen LogP contribution in [0.2, 0.25) is 0 Å². The van der Waals surface area contributed by atoms with Crippen LogP contribution in [0.1, 0.15) is 5.56 Å². The maximum atomic E-state index is 11.0. The quantitative estimate of drug-likeness (QED) is 0.351. The molecule has 0 saturated carbocycles. The van der Waals surface area contributed by atoms with Gasteiger partial charge in [0.05, 0.1) is 11.9 Å². The normalized spacial score (nSPS) is 12.2. The molecule has 0 amide bonds. The van der Waals surface area contributed by atoms with Crippen molar-refractivity contribution in [3.63, 3.8) is 0 Å². The minimum absolute atomic E-state index is 0.314. The lowest BCUT2D eigenvalue weighted by Crippen LogP contribution is -2.42. The average Bonchev–Trinajstić information content (AvgIpc) is 3.11. The van der Waals surface area contributed by atoms with E-state index in [1.807, 2.05) is 29.1 Å². The maximum absolute atomic E-state index is 11.0. The van der Waals surface area contributed by atoms with Gasteiger partial charge in [-0.15, -0.1) is 0 Å². The van der Waals surface area contributed by atoms with Gasteiger partial charge in [0.1, 0.15) is 0 Å². The first-order chi connectivity index (χ1) is 12.0. The molecular formula is C16H24N6O2S. The van der Waals surface area contributed by atoms with Crippen molar-refractivity contribution in [2.45, 2.75) is 6.42 Å². The third-order valence-electron chi connectivity index (χ3n) is 3.42. The number of benzene rings is 1. The third kappa shape index (κ3) is 6.94. The maximum Gasteiger partial charge on any atom is 0.208 e. The van der Waals surface area contributed by atoms with Crippen molar-refractivity contribution in [3.8, 4) is 5.69 Å². The number of sulfonamides is 1. The molecule has 1 heterocycles. The second-order valence-electron chi connectivity index (χ2n) is 5.46. The Hall–Kier alpha value is -2.39. The Kier molecular flexibility index (Phi) is 6.96. The lowest BCUT2D eigenvalue weighted by molar-refractivity contribution is 0.586. The Morgan fingerprint density at radius 3 is 2.48 bits per heavy atom. The molecule has 1 aromatic carbocycles. The van der Waals surface area contributed by atoms with Crippen molar-refractivity contribution < 1.29 is 8.42 Å². The number of guanidine groups is 1. The van der Waals surface area contributed by atoms with E-state index in [9.17, 15) is 8.42 Å². The number of hydrogen-bond acceptors (Lipinski definition) is 4. The zero-order chi connectivity index (χ0) is 18.1. The van der Waals surface area contributed by atoms with Gasteiger partial charge >= 0.3 is 0 Å². The molecule has 25 heavy (non-hydrogen) atoms. The highest BCUT2D eigenvalue weighted by Crippen LogP contribution is 2.08. The highest BCUT2D eigenvalue weighted by atomic mass is 32.2. The summed E-state index contributed by atoms with van der Waals surface area (Å²) in [5, 5.41) is 10.5. The number of nitrogens with zero attached hydrogens (tertiary/aromatic N) is 3. The lowest BCUT2D eigenvalue weighted by atomic mass is 10.1. The molecule has 0 spiro atoms. The van der Waals surface area contributed by atoms with Crippen LogP contribution in [0.5, 0.6) is 0 Å². The van der Waals surface area contributed by atoms with Gasteiger partial charge in [-0.3, -0.25) is 4.99 Å². The molecule has 8 nitrogen and oxygen atoms in total. The van der Waals surface area contributed by atoms with Crippen molar-refractivity contribution >= 4 is 16.0 Å². The van der Waals surface area contributed by atoms with Gasteiger partial charge in [0, 0.05) is 39.1 Å². The molecule has 0 atom stereocenters. The summed E-state index contributed by atoms with van der Waals surface area (Å²) in [6, 6.07) is 10.1. The van der Waals surface area contributed by atoms with Gasteiger partial charge in [-0.05, 0) is 30.2 Å². The fraction of sp³-hybridized carbons (Fsp3) is 0.375. The van der Waals surface area contributed by atoms with Crippen molar-refractivity contribution in [1.29, 1.82) is 0 Å². The fourth-order valence-corrected chi connectivity index (χ4v) is 2.67. The number of nitrogens with one attached hydrogen (secondary N) is 3. The first-order valence-corrected chi connectivity index (χ1v) is 9.85. The zero-order valence-electron chi connectivity index (χ0n) is 14.4. The van der Waals surface area contributed by atoms with Gasteiger partial charge in [0.2, 0.25) is 10.0 Å². The molecule has 0 aliphatic carbocycles. The van der Waals surface area contributed by atoms with Crippen LogP contribution in [0.4, 0.5) is 0 Å².